The van der Waals surface area contributed by atoms with Crippen molar-refractivity contribution in [2.24, 2.45) is 5.73 Å². The average molecular weight is 351 g/mol. The van der Waals surface area contributed by atoms with Crippen molar-refractivity contribution >= 4 is 22.9 Å². The van der Waals surface area contributed by atoms with E-state index in [1.54, 1.807) is 18.7 Å². The summed E-state index contributed by atoms with van der Waals surface area (Å²) in [6, 6.07) is -0.595. The number of anilines is 1. The molecule has 0 radical (unpaired) electrons. The van der Waals surface area contributed by atoms with Gasteiger partial charge in [0, 0.05) is 7.05 Å². The number of likely N-dealkylation sites (N-methyl/N-ethyl adjacent to an activating group) is 1. The van der Waals surface area contributed by atoms with Gasteiger partial charge in [-0.2, -0.15) is 0 Å². The van der Waals surface area contributed by atoms with E-state index >= 15 is 0 Å². The van der Waals surface area contributed by atoms with Gasteiger partial charge in [-0.1, -0.05) is 0 Å². The van der Waals surface area contributed by atoms with E-state index in [1.165, 1.54) is 12.7 Å². The third-order valence-corrected chi connectivity index (χ3v) is 4.30. The fraction of sp³-hybridized carbons (Fsp3) is 0.571. The van der Waals surface area contributed by atoms with Crippen LogP contribution in [0.4, 0.5) is 5.82 Å². The van der Waals surface area contributed by atoms with E-state index < -0.39 is 36.5 Å². The molecule has 1 amide bonds. The Bertz CT molecular complexity index is 767. The summed E-state index contributed by atoms with van der Waals surface area (Å²) in [5.74, 6) is -0.102. The van der Waals surface area contributed by atoms with Crippen LogP contribution in [0.2, 0.25) is 0 Å². The molecule has 5 atom stereocenters. The first-order chi connectivity index (χ1) is 12.0. The maximum atomic E-state index is 11.1. The highest BCUT2D eigenvalue weighted by Crippen LogP contribution is 2.33. The van der Waals surface area contributed by atoms with Crippen molar-refractivity contribution in [2.45, 2.75) is 37.0 Å². The molecule has 11 nitrogen and oxygen atoms in total. The lowest BCUT2D eigenvalue weighted by Crippen LogP contribution is -2.48. The Morgan fingerprint density at radius 1 is 1.44 bits per heavy atom. The number of carbonyl (C=O) groups is 1. The molecule has 0 bridgehead atoms. The average Bonchev–Trinajstić information content (AvgIpc) is 3.14. The molecule has 6 N–H and O–H groups in total. The molecule has 0 aromatic carbocycles. The SMILES string of the molecule is CNc1ncnc2c1ncn2[C@@H]1O[C@H](C(O)CC(N)=O)[C@@H](NC)[C@H]1O. The summed E-state index contributed by atoms with van der Waals surface area (Å²) in [7, 11) is 3.35. The number of rotatable bonds is 6. The van der Waals surface area contributed by atoms with Gasteiger partial charge in [0.2, 0.25) is 5.91 Å². The Balaban J connectivity index is 1.94. The monoisotopic (exact) mass is 351 g/mol. The topological polar surface area (TPSA) is 160 Å². The molecular formula is C14H21N7O4. The fourth-order valence-electron chi connectivity index (χ4n) is 3.14. The summed E-state index contributed by atoms with van der Waals surface area (Å²) in [5, 5.41) is 26.7. The fourth-order valence-corrected chi connectivity index (χ4v) is 3.14. The molecule has 2 aromatic rings. The molecule has 1 unspecified atom stereocenters. The van der Waals surface area contributed by atoms with E-state index in [1.807, 2.05) is 0 Å². The summed E-state index contributed by atoms with van der Waals surface area (Å²) in [6.07, 6.45) is -1.20. The van der Waals surface area contributed by atoms with Gasteiger partial charge in [0.05, 0.1) is 24.9 Å². The Morgan fingerprint density at radius 3 is 2.84 bits per heavy atom. The zero-order chi connectivity index (χ0) is 18.1. The molecule has 0 spiro atoms. The van der Waals surface area contributed by atoms with Crippen molar-refractivity contribution in [2.75, 3.05) is 19.4 Å². The number of hydrogen-bond donors (Lipinski definition) is 5. The molecule has 3 rings (SSSR count). The van der Waals surface area contributed by atoms with Gasteiger partial charge in [-0.15, -0.1) is 0 Å². The standard InChI is InChI=1S/C14H21N7O4/c1-16-8-10(24)14(25-11(8)6(22)3-7(15)23)21-5-20-9-12(17-2)18-4-19-13(9)21/h4-6,8,10-11,14,16,22,24H,3H2,1-2H3,(H2,15,23)(H,17,18,19)/t6?,8-,10+,11+,14+/m0/s1. The Kier molecular flexibility index (Phi) is 4.81. The molecule has 0 saturated carbocycles. The zero-order valence-corrected chi connectivity index (χ0v) is 13.8. The molecule has 1 fully saturated rings. The van der Waals surface area contributed by atoms with Gasteiger partial charge in [0.15, 0.2) is 17.7 Å². The Labute approximate surface area is 143 Å². The molecule has 11 heteroatoms. The van der Waals surface area contributed by atoms with Crippen LogP contribution in [0.25, 0.3) is 11.2 Å². The number of primary amides is 1. The molecule has 1 saturated heterocycles. The van der Waals surface area contributed by atoms with Crippen molar-refractivity contribution in [1.29, 1.82) is 0 Å². The Morgan fingerprint density at radius 2 is 2.20 bits per heavy atom. The highest BCUT2D eigenvalue weighted by molar-refractivity contribution is 5.82. The van der Waals surface area contributed by atoms with Crippen LogP contribution in [0.1, 0.15) is 12.6 Å². The number of amides is 1. The van der Waals surface area contributed by atoms with Crippen LogP contribution in [0.5, 0.6) is 0 Å². The molecule has 2 aromatic heterocycles. The third-order valence-electron chi connectivity index (χ3n) is 4.30. The lowest BCUT2D eigenvalue weighted by atomic mass is 10.0. The quantitative estimate of drug-likeness (QED) is 0.394. The molecular weight excluding hydrogens is 330 g/mol. The first-order valence-electron chi connectivity index (χ1n) is 7.80. The lowest BCUT2D eigenvalue weighted by molar-refractivity contribution is -0.124. The number of ether oxygens (including phenoxy) is 1. The van der Waals surface area contributed by atoms with Crippen molar-refractivity contribution in [1.82, 2.24) is 24.8 Å². The first-order valence-corrected chi connectivity index (χ1v) is 7.80. The number of aliphatic hydroxyl groups is 2. The highest BCUT2D eigenvalue weighted by atomic mass is 16.5. The van der Waals surface area contributed by atoms with Gasteiger partial charge in [-0.25, -0.2) is 15.0 Å². The van der Waals surface area contributed by atoms with Gasteiger partial charge in [-0.05, 0) is 7.05 Å². The number of hydrogen-bond acceptors (Lipinski definition) is 9. The second-order valence-corrected chi connectivity index (χ2v) is 5.83. The number of imidazole rings is 1. The Hall–Kier alpha value is -2.34. The minimum atomic E-state index is -1.15. The van der Waals surface area contributed by atoms with Crippen molar-refractivity contribution in [3.63, 3.8) is 0 Å². The van der Waals surface area contributed by atoms with Crippen LogP contribution in [0.15, 0.2) is 12.7 Å². The van der Waals surface area contributed by atoms with Crippen molar-refractivity contribution in [3.05, 3.63) is 12.7 Å². The van der Waals surface area contributed by atoms with Gasteiger partial charge in [0.25, 0.3) is 0 Å². The van der Waals surface area contributed by atoms with E-state index in [0.29, 0.717) is 17.0 Å². The minimum Gasteiger partial charge on any atom is -0.390 e. The third kappa shape index (κ3) is 3.02. The van der Waals surface area contributed by atoms with Gasteiger partial charge in [0.1, 0.15) is 24.1 Å². The normalized spacial score (nSPS) is 27.5. The first kappa shape index (κ1) is 17.5. The largest absolute Gasteiger partial charge is 0.390 e. The van der Waals surface area contributed by atoms with Gasteiger partial charge in [-0.3, -0.25) is 9.36 Å². The summed E-state index contributed by atoms with van der Waals surface area (Å²) < 4.78 is 7.41. The number of nitrogens with two attached hydrogens (primary N) is 1. The van der Waals surface area contributed by atoms with E-state index in [-0.39, 0.29) is 6.42 Å². The van der Waals surface area contributed by atoms with Crippen LogP contribution in [-0.2, 0) is 9.53 Å². The molecule has 1 aliphatic heterocycles. The number of aliphatic hydroxyl groups excluding tert-OH is 2. The van der Waals surface area contributed by atoms with E-state index in [4.69, 9.17) is 10.5 Å². The second kappa shape index (κ2) is 6.88. The highest BCUT2D eigenvalue weighted by Gasteiger charge is 2.47. The van der Waals surface area contributed by atoms with Crippen LogP contribution in [0, 0.1) is 0 Å². The van der Waals surface area contributed by atoms with E-state index in [9.17, 15) is 15.0 Å². The lowest BCUT2D eigenvalue weighted by Gasteiger charge is -2.23. The van der Waals surface area contributed by atoms with Crippen LogP contribution in [0.3, 0.4) is 0 Å². The number of aromatic nitrogens is 4. The van der Waals surface area contributed by atoms with Crippen molar-refractivity contribution in [3.8, 4) is 0 Å². The number of nitrogens with one attached hydrogen (secondary N) is 2. The maximum Gasteiger partial charge on any atom is 0.220 e. The van der Waals surface area contributed by atoms with Gasteiger partial charge < -0.3 is 31.3 Å². The van der Waals surface area contributed by atoms with Crippen LogP contribution in [-0.4, -0.2) is 74.1 Å². The maximum absolute atomic E-state index is 11.1. The second-order valence-electron chi connectivity index (χ2n) is 5.83. The summed E-state index contributed by atoms with van der Waals surface area (Å²) in [6.45, 7) is 0. The minimum absolute atomic E-state index is 0.265. The van der Waals surface area contributed by atoms with Crippen molar-refractivity contribution < 1.29 is 19.7 Å². The number of carbonyl (C=O) groups excluding carboxylic acids is 1. The molecule has 25 heavy (non-hydrogen) atoms. The predicted molar refractivity (Wildman–Crippen MR) is 87.5 cm³/mol. The smallest absolute Gasteiger partial charge is 0.220 e. The molecule has 0 aliphatic carbocycles. The molecule has 3 heterocycles. The van der Waals surface area contributed by atoms with Gasteiger partial charge >= 0.3 is 0 Å². The summed E-state index contributed by atoms with van der Waals surface area (Å²) >= 11 is 0. The predicted octanol–water partition coefficient (Wildman–Crippen LogP) is -2.05. The van der Waals surface area contributed by atoms with Crippen LogP contribution < -0.4 is 16.4 Å². The van der Waals surface area contributed by atoms with E-state index in [2.05, 4.69) is 25.6 Å². The molecule has 1 aliphatic rings. The summed E-state index contributed by atoms with van der Waals surface area (Å²) in [4.78, 5) is 23.6. The number of fused-ring (bicyclic) bond motifs is 1. The summed E-state index contributed by atoms with van der Waals surface area (Å²) in [5.41, 5.74) is 6.15. The zero-order valence-electron chi connectivity index (χ0n) is 13.8. The van der Waals surface area contributed by atoms with E-state index in [0.717, 1.165) is 0 Å². The van der Waals surface area contributed by atoms with Crippen LogP contribution >= 0.6 is 0 Å². The molecule has 136 valence electrons. The number of nitrogens with zero attached hydrogens (tertiary/aromatic N) is 4.